The molecule has 7 heteroatoms. The third-order valence-corrected chi connectivity index (χ3v) is 20.5. The molecule has 0 heterocycles. The van der Waals surface area contributed by atoms with Crippen LogP contribution in [0.5, 0.6) is 0 Å². The van der Waals surface area contributed by atoms with Gasteiger partial charge >= 0.3 is 18.9 Å². The molecule has 0 radical (unpaired) electrons. The van der Waals surface area contributed by atoms with Gasteiger partial charge in [-0.2, -0.15) is 0 Å². The first-order chi connectivity index (χ1) is 29.5. The van der Waals surface area contributed by atoms with E-state index < -0.39 is 30.5 Å². The second kappa shape index (κ2) is 19.5. The van der Waals surface area contributed by atoms with Gasteiger partial charge in [-0.05, 0) is 238 Å². The van der Waals surface area contributed by atoms with Crippen molar-refractivity contribution < 1.29 is 44.1 Å². The zero-order valence-corrected chi connectivity index (χ0v) is 46.8. The summed E-state index contributed by atoms with van der Waals surface area (Å²) < 4.78 is 0. The van der Waals surface area contributed by atoms with Gasteiger partial charge in [-0.15, -0.1) is 8.07 Å². The van der Waals surface area contributed by atoms with Gasteiger partial charge < -0.3 is 27.0 Å². The molecule has 0 amide bonds. The second-order valence-electron chi connectivity index (χ2n) is 28.7. The first-order valence-electron chi connectivity index (χ1n) is 26.9. The Kier molecular flexibility index (Phi) is 16.7. The van der Waals surface area contributed by atoms with Gasteiger partial charge in [-0.25, -0.2) is 0 Å². The number of aliphatic hydroxyl groups is 4. The first-order valence-corrected chi connectivity index (χ1v) is 30.6. The van der Waals surface area contributed by atoms with E-state index in [0.29, 0.717) is 59.0 Å². The van der Waals surface area contributed by atoms with Gasteiger partial charge in [0.25, 0.3) is 0 Å². The molecular weight excluding hydrogens is 824 g/mol. The molecule has 0 aromatic carbocycles. The molecule has 0 spiro atoms. The zero-order valence-electron chi connectivity index (χ0n) is 45.8. The summed E-state index contributed by atoms with van der Waals surface area (Å²) in [5, 5.41) is 41.8. The number of rotatable bonds is 8. The molecule has 66 heavy (non-hydrogen) atoms. The Bertz CT molecular complexity index is 1680. The molecule has 4 N–H and O–H groups in total. The van der Waals surface area contributed by atoms with E-state index >= 15 is 0 Å². The van der Waals surface area contributed by atoms with Crippen LogP contribution in [0.3, 0.4) is 0 Å². The maximum atomic E-state index is 13.5. The average molecular weight is 925 g/mol. The number of hydrogen-bond donors (Lipinski definition) is 4. The Morgan fingerprint density at radius 3 is 1.39 bits per heavy atom. The van der Waals surface area contributed by atoms with Crippen molar-refractivity contribution in [2.24, 2.45) is 80.8 Å². The van der Waals surface area contributed by atoms with Crippen LogP contribution in [0.2, 0.25) is 19.6 Å². The summed E-state index contributed by atoms with van der Waals surface area (Å²) in [5.74, 6) is 6.22. The fraction of sp³-hybridized carbons (Fsp3) is 0.864. The van der Waals surface area contributed by atoms with E-state index in [2.05, 4.69) is 80.4 Å². The molecule has 8 aliphatic rings. The van der Waals surface area contributed by atoms with Crippen LogP contribution < -0.4 is 18.9 Å². The smallest absolute Gasteiger partial charge is 0.390 e. The minimum absolute atomic E-state index is 0. The Morgan fingerprint density at radius 1 is 0.636 bits per heavy atom. The maximum absolute atomic E-state index is 13.5. The van der Waals surface area contributed by atoms with Gasteiger partial charge in [-0.1, -0.05) is 90.6 Å². The third kappa shape index (κ3) is 11.7. The minimum atomic E-state index is -0.861. The molecule has 8 rings (SSSR count). The SMILES string of the molecule is C=C1C=C2C[C@@](C)(O)CC[C@]2(C)[C@H]2CC[C@]3(C)[C@@H]([C@H](C)CCC(C)(C)O)CC[C@H]3[C@H]12.C[C@H](CCC(C)(C)O)[C@H]1CC[C@H]2[C@@H]3C(=O)C=C4C[C@@](C)(O)CC[C@]4(C)[C@H]3CC[C@]12C.[CH2-][Si](C)(C)C.[Li+]. The van der Waals surface area contributed by atoms with Crippen molar-refractivity contribution in [2.45, 2.75) is 241 Å². The Balaban J connectivity index is 0.000000222. The van der Waals surface area contributed by atoms with E-state index in [1.807, 2.05) is 47.6 Å². The first kappa shape index (κ1) is 56.5. The largest absolute Gasteiger partial charge is 1.00 e. The fourth-order valence-electron chi connectivity index (χ4n) is 16.8. The zero-order chi connectivity index (χ0) is 48.7. The van der Waals surface area contributed by atoms with Crippen molar-refractivity contribution in [1.29, 1.82) is 0 Å². The fourth-order valence-corrected chi connectivity index (χ4v) is 16.8. The Labute approximate surface area is 419 Å². The molecule has 372 valence electrons. The summed E-state index contributed by atoms with van der Waals surface area (Å²) in [6.45, 7) is 41.6. The van der Waals surface area contributed by atoms with E-state index in [0.717, 1.165) is 76.0 Å². The summed E-state index contributed by atoms with van der Waals surface area (Å²) in [6.07, 6.45) is 23.8. The number of fused-ring (bicyclic) bond motifs is 10. The van der Waals surface area contributed by atoms with Crippen LogP contribution in [0.15, 0.2) is 35.5 Å². The molecule has 6 fully saturated rings. The van der Waals surface area contributed by atoms with Crippen molar-refractivity contribution >= 4 is 13.9 Å². The summed E-state index contributed by atoms with van der Waals surface area (Å²) in [7, 11) is -0.861. The van der Waals surface area contributed by atoms with E-state index in [4.69, 9.17) is 0 Å². The van der Waals surface area contributed by atoms with Gasteiger partial charge in [0.05, 0.1) is 22.4 Å². The average Bonchev–Trinajstić information content (AvgIpc) is 3.70. The van der Waals surface area contributed by atoms with Crippen molar-refractivity contribution in [3.8, 4) is 0 Å². The predicted molar refractivity (Wildman–Crippen MR) is 275 cm³/mol. The van der Waals surface area contributed by atoms with Crippen LogP contribution in [0.25, 0.3) is 0 Å². The molecule has 0 unspecified atom stereocenters. The van der Waals surface area contributed by atoms with Gasteiger partial charge in [0, 0.05) is 5.92 Å². The Morgan fingerprint density at radius 2 is 1.00 bits per heavy atom. The number of allylic oxidation sites excluding steroid dienone is 3. The third-order valence-electron chi connectivity index (χ3n) is 20.5. The number of carbonyl (C=O) groups excluding carboxylic acids is 1. The van der Waals surface area contributed by atoms with E-state index in [-0.39, 0.29) is 41.0 Å². The van der Waals surface area contributed by atoms with Crippen LogP contribution in [0.1, 0.15) is 199 Å². The van der Waals surface area contributed by atoms with E-state index in [1.54, 1.807) is 0 Å². The monoisotopic (exact) mass is 925 g/mol. The van der Waals surface area contributed by atoms with Gasteiger partial charge in [0.2, 0.25) is 0 Å². The molecule has 8 aliphatic carbocycles. The van der Waals surface area contributed by atoms with E-state index in [1.165, 1.54) is 61.7 Å². The van der Waals surface area contributed by atoms with Crippen LogP contribution in [-0.4, -0.2) is 56.7 Å². The molecule has 6 saturated carbocycles. The summed E-state index contributed by atoms with van der Waals surface area (Å²) >= 11 is 0. The summed E-state index contributed by atoms with van der Waals surface area (Å²) in [6, 6.07) is 0. The molecular formula is C59H101LiO5Si. The molecule has 0 saturated heterocycles. The van der Waals surface area contributed by atoms with Gasteiger partial charge in [0.1, 0.15) is 0 Å². The molecule has 0 aliphatic heterocycles. The van der Waals surface area contributed by atoms with Crippen molar-refractivity contribution in [3.05, 3.63) is 42.0 Å². The standard InChI is InChI=1S/C28H46O2.C27H44O3.C4H11Si.Li/c1-18(10-12-25(3,4)29)21-8-9-22-24-19(2)16-20-17-26(5,30)14-15-27(20,6)23(24)11-13-28(21,22)7;1-17(9-11-24(2,3)29)19-7-8-20-23-21(10-12-27(19,20)6)26(5)14-13-25(4,30)16-18(26)15-22(23)28;1-5(2,3)4;/h16,18,21-24,29-30H,2,8-15,17H2,1,3-7H3;15,17,19-21,23,29-30H,7-14,16H2,1-6H3;1H2,2-4H3;/q;;-1;+1/t18-,21-,22+,23+,24+,26+,27+,28-;17-,19-,20+,21+,23+,25+,26+,27-;;/m11../s1. The van der Waals surface area contributed by atoms with Gasteiger partial charge in [0.15, 0.2) is 5.78 Å². The maximum Gasteiger partial charge on any atom is 1.00 e. The second-order valence-corrected chi connectivity index (χ2v) is 33.8. The normalized spacial score (nSPS) is 43.8. The molecule has 0 aromatic heterocycles. The van der Waals surface area contributed by atoms with E-state index in [9.17, 15) is 25.2 Å². The predicted octanol–water partition coefficient (Wildman–Crippen LogP) is 11.1. The summed E-state index contributed by atoms with van der Waals surface area (Å²) in [5.41, 5.74) is 2.69. The quantitative estimate of drug-likeness (QED) is 0.144. The van der Waals surface area contributed by atoms with Crippen molar-refractivity contribution in [1.82, 2.24) is 0 Å². The van der Waals surface area contributed by atoms with Crippen molar-refractivity contribution in [2.75, 3.05) is 0 Å². The number of carbonyl (C=O) groups is 1. The molecule has 5 nitrogen and oxygen atoms in total. The molecule has 16 atom stereocenters. The van der Waals surface area contributed by atoms with Crippen LogP contribution in [0, 0.1) is 87.4 Å². The number of ketones is 1. The van der Waals surface area contributed by atoms with Crippen LogP contribution >= 0.6 is 0 Å². The van der Waals surface area contributed by atoms with Gasteiger partial charge in [-0.3, -0.25) is 4.79 Å². The van der Waals surface area contributed by atoms with Crippen LogP contribution in [-0.2, 0) is 4.79 Å². The summed E-state index contributed by atoms with van der Waals surface area (Å²) in [4.78, 5) is 13.5. The van der Waals surface area contributed by atoms with Crippen molar-refractivity contribution in [3.63, 3.8) is 0 Å². The topological polar surface area (TPSA) is 98.0 Å². The number of hydrogen-bond acceptors (Lipinski definition) is 5. The minimum Gasteiger partial charge on any atom is -0.390 e. The Hall–Kier alpha value is -0.456. The van der Waals surface area contributed by atoms with Crippen LogP contribution in [0.4, 0.5) is 0 Å². The molecule has 0 bridgehead atoms. The molecule has 0 aromatic rings.